The van der Waals surface area contributed by atoms with Gasteiger partial charge in [0.15, 0.2) is 0 Å². The van der Waals surface area contributed by atoms with E-state index in [1.807, 2.05) is 6.92 Å². The van der Waals surface area contributed by atoms with E-state index < -0.39 is 0 Å². The lowest BCUT2D eigenvalue weighted by Crippen LogP contribution is -2.22. The largest absolute Gasteiger partial charge is 0.391 e. The van der Waals surface area contributed by atoms with Crippen LogP contribution < -0.4 is 10.6 Å². The van der Waals surface area contributed by atoms with Gasteiger partial charge in [-0.2, -0.15) is 15.0 Å². The minimum absolute atomic E-state index is 0.138. The number of nitrogens with zero attached hydrogens (tertiary/aromatic N) is 3. The third-order valence-electron chi connectivity index (χ3n) is 2.58. The molecule has 1 saturated carbocycles. The Hall–Kier alpha value is -1.14. The summed E-state index contributed by atoms with van der Waals surface area (Å²) >= 11 is 5.77. The smallest absolute Gasteiger partial charge is 0.228 e. The van der Waals surface area contributed by atoms with E-state index in [2.05, 4.69) is 25.6 Å². The molecule has 0 saturated heterocycles. The second kappa shape index (κ2) is 5.46. The Bertz CT molecular complexity index is 385. The van der Waals surface area contributed by atoms with Gasteiger partial charge in [-0.05, 0) is 37.3 Å². The topological polar surface area (TPSA) is 83.0 Å². The molecule has 0 bridgehead atoms. The van der Waals surface area contributed by atoms with Gasteiger partial charge in [0.05, 0.1) is 6.10 Å². The zero-order chi connectivity index (χ0) is 12.3. The van der Waals surface area contributed by atoms with Crippen molar-refractivity contribution in [3.8, 4) is 0 Å². The molecule has 1 aromatic heterocycles. The van der Waals surface area contributed by atoms with Crippen LogP contribution in [0.4, 0.5) is 11.9 Å². The first-order chi connectivity index (χ1) is 8.19. The number of aliphatic hydroxyl groups excluding tert-OH is 1. The summed E-state index contributed by atoms with van der Waals surface area (Å²) in [5.74, 6) is 1.25. The highest BCUT2D eigenvalue weighted by atomic mass is 35.5. The van der Waals surface area contributed by atoms with Gasteiger partial charge in [-0.25, -0.2) is 0 Å². The van der Waals surface area contributed by atoms with Gasteiger partial charge in [-0.3, -0.25) is 0 Å². The van der Waals surface area contributed by atoms with E-state index >= 15 is 0 Å². The number of anilines is 2. The van der Waals surface area contributed by atoms with Crippen molar-refractivity contribution in [2.45, 2.75) is 25.9 Å². The van der Waals surface area contributed by atoms with Gasteiger partial charge in [0, 0.05) is 13.1 Å². The van der Waals surface area contributed by atoms with Crippen LogP contribution in [-0.2, 0) is 0 Å². The predicted octanol–water partition coefficient (Wildman–Crippen LogP) is 1.14. The van der Waals surface area contributed by atoms with Gasteiger partial charge in [0.25, 0.3) is 0 Å². The summed E-state index contributed by atoms with van der Waals surface area (Å²) in [5.41, 5.74) is 0. The van der Waals surface area contributed by atoms with Gasteiger partial charge in [0.1, 0.15) is 0 Å². The second-order valence-electron chi connectivity index (χ2n) is 4.07. The molecule has 6 nitrogen and oxygen atoms in total. The van der Waals surface area contributed by atoms with E-state index in [0.717, 1.165) is 12.8 Å². The van der Waals surface area contributed by atoms with Crippen LogP contribution in [0.2, 0.25) is 5.28 Å². The third kappa shape index (κ3) is 3.67. The Balaban J connectivity index is 1.94. The number of rotatable bonds is 6. The van der Waals surface area contributed by atoms with Crippen molar-refractivity contribution in [1.82, 2.24) is 15.0 Å². The minimum atomic E-state index is -0.340. The first-order valence-corrected chi connectivity index (χ1v) is 6.14. The normalized spacial score (nSPS) is 16.6. The minimum Gasteiger partial charge on any atom is -0.391 e. The maximum Gasteiger partial charge on any atom is 0.228 e. The molecule has 0 amide bonds. The summed E-state index contributed by atoms with van der Waals surface area (Å²) in [4.78, 5) is 12.0. The predicted molar refractivity (Wildman–Crippen MR) is 66.2 cm³/mol. The van der Waals surface area contributed by atoms with Crippen molar-refractivity contribution in [2.75, 3.05) is 23.7 Å². The average molecular weight is 258 g/mol. The summed E-state index contributed by atoms with van der Waals surface area (Å²) in [6, 6.07) is 0. The fourth-order valence-corrected chi connectivity index (χ4v) is 1.67. The fraction of sp³-hybridized carbons (Fsp3) is 0.700. The van der Waals surface area contributed by atoms with E-state index in [-0.39, 0.29) is 11.4 Å². The van der Waals surface area contributed by atoms with Crippen LogP contribution in [0.5, 0.6) is 0 Å². The maximum absolute atomic E-state index is 9.71. The SMILES string of the molecule is CCNc1nc(Cl)nc(NCC(O)C2CC2)n1. The molecule has 2 rings (SSSR count). The molecule has 94 valence electrons. The summed E-state index contributed by atoms with van der Waals surface area (Å²) in [6.45, 7) is 3.10. The molecular weight excluding hydrogens is 242 g/mol. The third-order valence-corrected chi connectivity index (χ3v) is 2.75. The number of aromatic nitrogens is 3. The molecular formula is C10H16ClN5O. The van der Waals surface area contributed by atoms with Crippen molar-refractivity contribution in [3.63, 3.8) is 0 Å². The molecule has 17 heavy (non-hydrogen) atoms. The lowest BCUT2D eigenvalue weighted by Gasteiger charge is -2.11. The van der Waals surface area contributed by atoms with Crippen LogP contribution in [0.1, 0.15) is 19.8 Å². The van der Waals surface area contributed by atoms with E-state index in [1.54, 1.807) is 0 Å². The van der Waals surface area contributed by atoms with Crippen LogP contribution in [-0.4, -0.2) is 39.3 Å². The molecule has 1 aliphatic carbocycles. The molecule has 0 aromatic carbocycles. The summed E-state index contributed by atoms with van der Waals surface area (Å²) < 4.78 is 0. The van der Waals surface area contributed by atoms with Crippen molar-refractivity contribution >= 4 is 23.5 Å². The lowest BCUT2D eigenvalue weighted by molar-refractivity contribution is 0.164. The molecule has 1 heterocycles. The first kappa shape index (κ1) is 12.3. The highest BCUT2D eigenvalue weighted by Gasteiger charge is 2.29. The van der Waals surface area contributed by atoms with Gasteiger partial charge in [0.2, 0.25) is 17.2 Å². The maximum atomic E-state index is 9.71. The first-order valence-electron chi connectivity index (χ1n) is 5.76. The van der Waals surface area contributed by atoms with Crippen molar-refractivity contribution < 1.29 is 5.11 Å². The Morgan fingerprint density at radius 1 is 1.29 bits per heavy atom. The number of hydrogen-bond donors (Lipinski definition) is 3. The fourth-order valence-electron chi connectivity index (χ4n) is 1.51. The van der Waals surface area contributed by atoms with E-state index in [9.17, 15) is 5.11 Å². The van der Waals surface area contributed by atoms with Crippen molar-refractivity contribution in [2.24, 2.45) is 5.92 Å². The van der Waals surface area contributed by atoms with Crippen LogP contribution >= 0.6 is 11.6 Å². The molecule has 0 aliphatic heterocycles. The molecule has 1 atom stereocenters. The van der Waals surface area contributed by atoms with E-state index in [0.29, 0.717) is 30.9 Å². The quantitative estimate of drug-likeness (QED) is 0.709. The molecule has 1 aromatic rings. The number of halogens is 1. The zero-order valence-corrected chi connectivity index (χ0v) is 10.4. The highest BCUT2D eigenvalue weighted by Crippen LogP contribution is 2.32. The summed E-state index contributed by atoms with van der Waals surface area (Å²) in [6.07, 6.45) is 1.86. The Labute approximate surface area is 105 Å². The average Bonchev–Trinajstić information content (AvgIpc) is 3.09. The van der Waals surface area contributed by atoms with Gasteiger partial charge in [-0.15, -0.1) is 0 Å². The molecule has 7 heteroatoms. The van der Waals surface area contributed by atoms with Crippen LogP contribution in [0, 0.1) is 5.92 Å². The van der Waals surface area contributed by atoms with Crippen molar-refractivity contribution in [3.05, 3.63) is 5.28 Å². The number of nitrogens with one attached hydrogen (secondary N) is 2. The molecule has 0 spiro atoms. The summed E-state index contributed by atoms with van der Waals surface area (Å²) in [7, 11) is 0. The van der Waals surface area contributed by atoms with E-state index in [4.69, 9.17) is 11.6 Å². The molecule has 1 aliphatic rings. The Kier molecular flexibility index (Phi) is 3.96. The Morgan fingerprint density at radius 3 is 2.53 bits per heavy atom. The standard InChI is InChI=1S/C10H16ClN5O/c1-2-12-9-14-8(11)15-10(16-9)13-5-7(17)6-3-4-6/h6-7,17H,2-5H2,1H3,(H2,12,13,14,15,16). The number of aliphatic hydroxyl groups is 1. The highest BCUT2D eigenvalue weighted by molar-refractivity contribution is 6.28. The van der Waals surface area contributed by atoms with Gasteiger partial charge >= 0.3 is 0 Å². The summed E-state index contributed by atoms with van der Waals surface area (Å²) in [5, 5.41) is 15.8. The van der Waals surface area contributed by atoms with Crippen LogP contribution in [0.25, 0.3) is 0 Å². The molecule has 1 fully saturated rings. The zero-order valence-electron chi connectivity index (χ0n) is 9.65. The lowest BCUT2D eigenvalue weighted by atomic mass is 10.2. The Morgan fingerprint density at radius 2 is 1.94 bits per heavy atom. The molecule has 3 N–H and O–H groups in total. The van der Waals surface area contributed by atoms with Crippen molar-refractivity contribution in [1.29, 1.82) is 0 Å². The monoisotopic (exact) mass is 257 g/mol. The van der Waals surface area contributed by atoms with Gasteiger partial charge in [-0.1, -0.05) is 0 Å². The second-order valence-corrected chi connectivity index (χ2v) is 4.41. The van der Waals surface area contributed by atoms with Crippen LogP contribution in [0.3, 0.4) is 0 Å². The van der Waals surface area contributed by atoms with Crippen LogP contribution in [0.15, 0.2) is 0 Å². The number of hydrogen-bond acceptors (Lipinski definition) is 6. The van der Waals surface area contributed by atoms with E-state index in [1.165, 1.54) is 0 Å². The van der Waals surface area contributed by atoms with Gasteiger partial charge < -0.3 is 15.7 Å². The molecule has 0 radical (unpaired) electrons. The molecule has 1 unspecified atom stereocenters.